The smallest absolute Gasteiger partial charge is 0.248 e. The van der Waals surface area contributed by atoms with Gasteiger partial charge in [0.05, 0.1) is 0 Å². The summed E-state index contributed by atoms with van der Waals surface area (Å²) in [6, 6.07) is 47.7. The minimum Gasteiger partial charge on any atom is -0.416 e. The van der Waals surface area contributed by atoms with Gasteiger partial charge in [0.1, 0.15) is 0 Å². The summed E-state index contributed by atoms with van der Waals surface area (Å²) in [5, 5.41) is 14.0. The maximum Gasteiger partial charge on any atom is 0.248 e. The quantitative estimate of drug-likeness (QED) is 0.152. The Morgan fingerprint density at radius 2 is 0.902 bits per heavy atom. The van der Waals surface area contributed by atoms with Crippen molar-refractivity contribution in [1.29, 1.82) is 0 Å². The van der Waals surface area contributed by atoms with Gasteiger partial charge in [0.2, 0.25) is 11.8 Å². The van der Waals surface area contributed by atoms with Crippen molar-refractivity contribution < 1.29 is 4.42 Å². The van der Waals surface area contributed by atoms with Crippen LogP contribution < -0.4 is 20.7 Å². The van der Waals surface area contributed by atoms with Gasteiger partial charge in [-0.15, -0.1) is 10.2 Å². The van der Waals surface area contributed by atoms with Crippen molar-refractivity contribution in [3.8, 4) is 22.9 Å². The SMILES string of the molecule is CC(C)(C)c1ccc(-c2nnc(-c3ccc([Si](c4ccccc4)(c4ccccc4)c4ccc(Br)cc4)cc3)o2)cc1. The zero-order chi connectivity index (χ0) is 28.5. The molecule has 0 aliphatic heterocycles. The minimum atomic E-state index is -2.60. The number of benzene rings is 5. The normalized spacial score (nSPS) is 11.9. The fourth-order valence-electron chi connectivity index (χ4n) is 5.51. The van der Waals surface area contributed by atoms with Crippen LogP contribution in [0.2, 0.25) is 0 Å². The number of hydrogen-bond donors (Lipinski definition) is 0. The first kappa shape index (κ1) is 27.1. The van der Waals surface area contributed by atoms with Gasteiger partial charge in [-0.05, 0) is 68.1 Å². The first-order valence-corrected chi connectivity index (χ1v) is 16.6. The zero-order valence-corrected chi connectivity index (χ0v) is 26.0. The van der Waals surface area contributed by atoms with E-state index in [-0.39, 0.29) is 5.41 Å². The van der Waals surface area contributed by atoms with E-state index >= 15 is 0 Å². The highest BCUT2D eigenvalue weighted by Gasteiger charge is 2.41. The molecule has 202 valence electrons. The van der Waals surface area contributed by atoms with Gasteiger partial charge in [-0.2, -0.15) is 0 Å². The summed E-state index contributed by atoms with van der Waals surface area (Å²) in [5.41, 5.74) is 3.18. The fraction of sp³-hybridized carbons (Fsp3) is 0.111. The predicted molar refractivity (Wildman–Crippen MR) is 175 cm³/mol. The van der Waals surface area contributed by atoms with E-state index in [9.17, 15) is 0 Å². The Balaban J connectivity index is 1.43. The molecule has 0 fully saturated rings. The van der Waals surface area contributed by atoms with Crippen molar-refractivity contribution in [2.45, 2.75) is 26.2 Å². The van der Waals surface area contributed by atoms with Crippen molar-refractivity contribution in [3.63, 3.8) is 0 Å². The van der Waals surface area contributed by atoms with Crippen molar-refractivity contribution in [1.82, 2.24) is 10.2 Å². The highest BCUT2D eigenvalue weighted by atomic mass is 79.9. The maximum atomic E-state index is 6.16. The standard InChI is InChI=1S/C36H31BrN2OSi/c1-36(2,3)28-18-14-26(15-19-28)34-38-39-35(40-34)27-16-22-32(23-17-27)41(30-10-6-4-7-11-30,31-12-8-5-9-13-31)33-24-20-29(37)21-25-33/h4-25H,1-3H3. The molecular weight excluding hydrogens is 584 g/mol. The fourth-order valence-corrected chi connectivity index (χ4v) is 10.5. The molecular formula is C36H31BrN2OSi. The van der Waals surface area contributed by atoms with E-state index in [1.54, 1.807) is 0 Å². The van der Waals surface area contributed by atoms with Crippen molar-refractivity contribution in [2.24, 2.45) is 0 Å². The molecule has 6 aromatic rings. The molecule has 5 heteroatoms. The molecule has 1 heterocycles. The van der Waals surface area contributed by atoms with E-state index in [0.717, 1.165) is 15.6 Å². The van der Waals surface area contributed by atoms with Crippen molar-refractivity contribution >= 4 is 44.8 Å². The summed E-state index contributed by atoms with van der Waals surface area (Å²) >= 11 is 3.64. The molecule has 0 radical (unpaired) electrons. The topological polar surface area (TPSA) is 38.9 Å². The molecule has 0 bridgehead atoms. The van der Waals surface area contributed by atoms with Crippen LogP contribution in [0.3, 0.4) is 0 Å². The van der Waals surface area contributed by atoms with Crippen molar-refractivity contribution in [3.05, 3.63) is 143 Å². The van der Waals surface area contributed by atoms with Crippen LogP contribution in [0.4, 0.5) is 0 Å². The second-order valence-corrected chi connectivity index (χ2v) is 16.0. The van der Waals surface area contributed by atoms with E-state index in [1.807, 2.05) is 0 Å². The number of hydrogen-bond acceptors (Lipinski definition) is 3. The Kier molecular flexibility index (Phi) is 7.33. The van der Waals surface area contributed by atoms with Crippen LogP contribution in [0.5, 0.6) is 0 Å². The number of nitrogens with zero attached hydrogens (tertiary/aromatic N) is 2. The molecule has 0 unspecified atom stereocenters. The monoisotopic (exact) mass is 614 g/mol. The lowest BCUT2D eigenvalue weighted by Crippen LogP contribution is -2.74. The summed E-state index contributed by atoms with van der Waals surface area (Å²) < 4.78 is 7.23. The molecule has 0 spiro atoms. The molecule has 0 saturated heterocycles. The lowest BCUT2D eigenvalue weighted by molar-refractivity contribution is 0.582. The molecule has 0 aliphatic carbocycles. The van der Waals surface area contributed by atoms with Crippen LogP contribution in [0, 0.1) is 0 Å². The van der Waals surface area contributed by atoms with E-state index in [2.05, 4.69) is 180 Å². The average Bonchev–Trinajstić information content (AvgIpc) is 3.50. The van der Waals surface area contributed by atoms with E-state index in [0.29, 0.717) is 11.8 Å². The van der Waals surface area contributed by atoms with Gasteiger partial charge in [-0.3, -0.25) is 0 Å². The Morgan fingerprint density at radius 1 is 0.512 bits per heavy atom. The average molecular weight is 616 g/mol. The number of rotatable bonds is 6. The van der Waals surface area contributed by atoms with Gasteiger partial charge in [0, 0.05) is 15.6 Å². The third-order valence-corrected chi connectivity index (χ3v) is 13.0. The Morgan fingerprint density at radius 3 is 1.34 bits per heavy atom. The van der Waals surface area contributed by atoms with Gasteiger partial charge in [0.15, 0.2) is 8.07 Å². The Bertz CT molecular complexity index is 1700. The largest absolute Gasteiger partial charge is 0.416 e. The first-order chi connectivity index (χ1) is 19.9. The highest BCUT2D eigenvalue weighted by Crippen LogP contribution is 2.27. The first-order valence-electron chi connectivity index (χ1n) is 13.8. The summed E-state index contributed by atoms with van der Waals surface area (Å²) in [6.07, 6.45) is 0. The van der Waals surface area contributed by atoms with Crippen LogP contribution in [-0.2, 0) is 5.41 Å². The highest BCUT2D eigenvalue weighted by molar-refractivity contribution is 9.10. The van der Waals surface area contributed by atoms with Crippen LogP contribution in [0.1, 0.15) is 26.3 Å². The molecule has 6 rings (SSSR count). The van der Waals surface area contributed by atoms with Crippen LogP contribution in [-0.4, -0.2) is 18.3 Å². The lowest BCUT2D eigenvalue weighted by Gasteiger charge is -2.34. The zero-order valence-electron chi connectivity index (χ0n) is 23.4. The molecule has 1 aromatic heterocycles. The van der Waals surface area contributed by atoms with E-state index in [4.69, 9.17) is 4.42 Å². The van der Waals surface area contributed by atoms with E-state index in [1.165, 1.54) is 26.3 Å². The summed E-state index contributed by atoms with van der Waals surface area (Å²) in [7, 11) is -2.60. The minimum absolute atomic E-state index is 0.0918. The second-order valence-electron chi connectivity index (χ2n) is 11.3. The molecule has 5 aromatic carbocycles. The summed E-state index contributed by atoms with van der Waals surface area (Å²) in [4.78, 5) is 0. The molecule has 0 atom stereocenters. The van der Waals surface area contributed by atoms with Crippen LogP contribution in [0.25, 0.3) is 22.9 Å². The van der Waals surface area contributed by atoms with Gasteiger partial charge >= 0.3 is 0 Å². The number of aromatic nitrogens is 2. The van der Waals surface area contributed by atoms with Gasteiger partial charge in [-0.1, -0.05) is 134 Å². The maximum absolute atomic E-state index is 6.16. The molecule has 0 saturated carbocycles. The van der Waals surface area contributed by atoms with Crippen LogP contribution in [0.15, 0.2) is 142 Å². The Labute approximate surface area is 251 Å². The van der Waals surface area contributed by atoms with Crippen molar-refractivity contribution in [2.75, 3.05) is 0 Å². The molecule has 0 amide bonds. The Hall–Kier alpha value is -4.06. The number of halogens is 1. The van der Waals surface area contributed by atoms with Gasteiger partial charge in [-0.25, -0.2) is 0 Å². The third-order valence-electron chi connectivity index (χ3n) is 7.68. The lowest BCUT2D eigenvalue weighted by atomic mass is 9.87. The molecule has 41 heavy (non-hydrogen) atoms. The van der Waals surface area contributed by atoms with E-state index < -0.39 is 8.07 Å². The second kappa shape index (κ2) is 11.1. The third kappa shape index (κ3) is 5.23. The summed E-state index contributed by atoms with van der Waals surface area (Å²) in [6.45, 7) is 6.63. The van der Waals surface area contributed by atoms with Gasteiger partial charge in [0.25, 0.3) is 0 Å². The molecule has 0 aliphatic rings. The molecule has 3 nitrogen and oxygen atoms in total. The van der Waals surface area contributed by atoms with Crippen LogP contribution >= 0.6 is 15.9 Å². The van der Waals surface area contributed by atoms with Gasteiger partial charge < -0.3 is 4.42 Å². The predicted octanol–water partition coefficient (Wildman–Crippen LogP) is 6.84. The molecule has 0 N–H and O–H groups in total. The summed E-state index contributed by atoms with van der Waals surface area (Å²) in [5.74, 6) is 1.04.